The highest BCUT2D eigenvalue weighted by molar-refractivity contribution is 7.91. The molecule has 9 nitrogen and oxygen atoms in total. The topological polar surface area (TPSA) is 127 Å². The number of amides is 1. The molecule has 196 valence electrons. The molecule has 1 aliphatic rings. The second-order valence-corrected chi connectivity index (χ2v) is 10.8. The SMILES string of the molecule is Cc1nc(OC2CCC2)ccc1Oc1nnc(C(F)(F)F)c(C)c1C(=O)Nc1cccc(S(C)(=N)=O)c1. The van der Waals surface area contributed by atoms with E-state index in [1.807, 2.05) is 0 Å². The number of rotatable bonds is 7. The molecule has 0 saturated heterocycles. The summed E-state index contributed by atoms with van der Waals surface area (Å²) in [6, 6.07) is 8.80. The Labute approximate surface area is 211 Å². The van der Waals surface area contributed by atoms with Crippen LogP contribution in [0.1, 0.15) is 46.6 Å². The summed E-state index contributed by atoms with van der Waals surface area (Å²) >= 11 is 0. The van der Waals surface area contributed by atoms with E-state index in [2.05, 4.69) is 20.5 Å². The maximum absolute atomic E-state index is 13.6. The van der Waals surface area contributed by atoms with Gasteiger partial charge in [-0.1, -0.05) is 6.07 Å². The van der Waals surface area contributed by atoms with Gasteiger partial charge in [0.05, 0.1) is 15.4 Å². The number of nitrogens with one attached hydrogen (secondary N) is 2. The van der Waals surface area contributed by atoms with Crippen LogP contribution in [0.25, 0.3) is 0 Å². The lowest BCUT2D eigenvalue weighted by Crippen LogP contribution is -2.25. The third-order valence-electron chi connectivity index (χ3n) is 5.78. The summed E-state index contributed by atoms with van der Waals surface area (Å²) in [6.07, 6.45) is -0.568. The van der Waals surface area contributed by atoms with E-state index in [-0.39, 0.29) is 22.4 Å². The molecule has 0 spiro atoms. The molecule has 37 heavy (non-hydrogen) atoms. The van der Waals surface area contributed by atoms with Gasteiger partial charge < -0.3 is 14.8 Å². The molecule has 4 rings (SSSR count). The van der Waals surface area contributed by atoms with E-state index >= 15 is 0 Å². The number of carbonyl (C=O) groups excluding carboxylic acids is 1. The minimum Gasteiger partial charge on any atom is -0.474 e. The van der Waals surface area contributed by atoms with Crippen LogP contribution in [0.3, 0.4) is 0 Å². The molecule has 1 aromatic carbocycles. The lowest BCUT2D eigenvalue weighted by atomic mass is 9.96. The maximum Gasteiger partial charge on any atom is 0.435 e. The number of nitrogens with zero attached hydrogens (tertiary/aromatic N) is 3. The number of anilines is 1. The van der Waals surface area contributed by atoms with Crippen LogP contribution in [0.15, 0.2) is 41.3 Å². The molecule has 0 aliphatic heterocycles. The highest BCUT2D eigenvalue weighted by Gasteiger charge is 2.38. The van der Waals surface area contributed by atoms with Gasteiger partial charge in [0.1, 0.15) is 11.7 Å². The fraction of sp³-hybridized carbons (Fsp3) is 0.333. The van der Waals surface area contributed by atoms with E-state index in [0.717, 1.165) is 26.2 Å². The summed E-state index contributed by atoms with van der Waals surface area (Å²) in [6.45, 7) is 2.72. The Kier molecular flexibility index (Phi) is 7.09. The molecule has 2 N–H and O–H groups in total. The van der Waals surface area contributed by atoms with Crippen molar-refractivity contribution in [1.29, 1.82) is 4.78 Å². The van der Waals surface area contributed by atoms with Crippen molar-refractivity contribution in [2.75, 3.05) is 11.6 Å². The summed E-state index contributed by atoms with van der Waals surface area (Å²) in [5, 5.41) is 9.30. The number of ether oxygens (including phenoxy) is 2. The minimum atomic E-state index is -4.86. The van der Waals surface area contributed by atoms with Gasteiger partial charge >= 0.3 is 6.18 Å². The molecule has 1 atom stereocenters. The van der Waals surface area contributed by atoms with Crippen LogP contribution in [0.2, 0.25) is 0 Å². The molecule has 0 bridgehead atoms. The number of alkyl halides is 3. The first-order chi connectivity index (χ1) is 17.3. The summed E-state index contributed by atoms with van der Waals surface area (Å²) < 4.78 is 72.0. The van der Waals surface area contributed by atoms with E-state index in [4.69, 9.17) is 14.3 Å². The van der Waals surface area contributed by atoms with E-state index in [1.54, 1.807) is 13.0 Å². The summed E-state index contributed by atoms with van der Waals surface area (Å²) in [5.74, 6) is -0.848. The predicted molar refractivity (Wildman–Crippen MR) is 129 cm³/mol. The molecule has 3 aromatic rings. The van der Waals surface area contributed by atoms with Crippen molar-refractivity contribution in [2.24, 2.45) is 0 Å². The number of aryl methyl sites for hydroxylation is 1. The average Bonchev–Trinajstić information content (AvgIpc) is 2.76. The van der Waals surface area contributed by atoms with Crippen molar-refractivity contribution in [2.45, 2.75) is 50.3 Å². The van der Waals surface area contributed by atoms with Gasteiger partial charge in [-0.15, -0.1) is 10.2 Å². The third-order valence-corrected chi connectivity index (χ3v) is 6.93. The average molecular weight is 536 g/mol. The molecule has 1 fully saturated rings. The van der Waals surface area contributed by atoms with Crippen LogP contribution < -0.4 is 14.8 Å². The molecule has 1 saturated carbocycles. The van der Waals surface area contributed by atoms with Gasteiger partial charge in [0.2, 0.25) is 5.88 Å². The minimum absolute atomic E-state index is 0.104. The van der Waals surface area contributed by atoms with Gasteiger partial charge in [0, 0.05) is 22.9 Å². The Bertz CT molecular complexity index is 1460. The second kappa shape index (κ2) is 9.96. The zero-order valence-corrected chi connectivity index (χ0v) is 21.0. The van der Waals surface area contributed by atoms with Gasteiger partial charge in [0.25, 0.3) is 11.8 Å². The van der Waals surface area contributed by atoms with Crippen LogP contribution in [0, 0.1) is 18.6 Å². The lowest BCUT2D eigenvalue weighted by molar-refractivity contribution is -0.142. The lowest BCUT2D eigenvalue weighted by Gasteiger charge is -2.25. The van der Waals surface area contributed by atoms with E-state index in [9.17, 15) is 22.2 Å². The maximum atomic E-state index is 13.6. The molecule has 0 radical (unpaired) electrons. The molecule has 1 amide bonds. The number of carbonyl (C=O) groups is 1. The predicted octanol–water partition coefficient (Wildman–Crippen LogP) is 5.52. The summed E-state index contributed by atoms with van der Waals surface area (Å²) in [7, 11) is -3.09. The largest absolute Gasteiger partial charge is 0.474 e. The van der Waals surface area contributed by atoms with Gasteiger partial charge in [-0.3, -0.25) is 4.79 Å². The first kappa shape index (κ1) is 26.3. The Morgan fingerprint density at radius 1 is 1.16 bits per heavy atom. The number of aromatic nitrogens is 3. The van der Waals surface area contributed by atoms with Crippen molar-refractivity contribution in [3.05, 3.63) is 58.9 Å². The summed E-state index contributed by atoms with van der Waals surface area (Å²) in [4.78, 5) is 17.7. The monoisotopic (exact) mass is 535 g/mol. The fourth-order valence-corrected chi connectivity index (χ4v) is 4.27. The Morgan fingerprint density at radius 2 is 1.89 bits per heavy atom. The second-order valence-electron chi connectivity index (χ2n) is 8.68. The molecule has 13 heteroatoms. The standard InChI is InChI=1S/C24H24F3N5O4S/c1-13-20(22(33)30-15-6-4-9-17(12-15)37(3,28)34)23(32-31-21(13)24(25,26)27)36-18-10-11-19(29-14(18)2)35-16-7-5-8-16/h4,6,9-12,16,28H,5,7-8H2,1-3H3,(H,30,33). The van der Waals surface area contributed by atoms with E-state index in [0.29, 0.717) is 11.6 Å². The first-order valence-corrected chi connectivity index (χ1v) is 13.2. The van der Waals surface area contributed by atoms with Crippen molar-refractivity contribution in [3.8, 4) is 17.5 Å². The molecule has 1 unspecified atom stereocenters. The van der Waals surface area contributed by atoms with Gasteiger partial charge in [-0.25, -0.2) is 14.0 Å². The Morgan fingerprint density at radius 3 is 2.49 bits per heavy atom. The van der Waals surface area contributed by atoms with E-state index < -0.39 is 44.5 Å². The van der Waals surface area contributed by atoms with Gasteiger partial charge in [-0.2, -0.15) is 13.2 Å². The molecular formula is C24H24F3N5O4S. The highest BCUT2D eigenvalue weighted by Crippen LogP contribution is 2.36. The van der Waals surface area contributed by atoms with Crippen LogP contribution in [-0.2, 0) is 15.9 Å². The van der Waals surface area contributed by atoms with Crippen LogP contribution >= 0.6 is 0 Å². The van der Waals surface area contributed by atoms with Crippen molar-refractivity contribution in [3.63, 3.8) is 0 Å². The molecular weight excluding hydrogens is 511 g/mol. The zero-order valence-electron chi connectivity index (χ0n) is 20.2. The highest BCUT2D eigenvalue weighted by atomic mass is 32.2. The van der Waals surface area contributed by atoms with Crippen molar-refractivity contribution >= 4 is 21.3 Å². The van der Waals surface area contributed by atoms with Crippen molar-refractivity contribution in [1.82, 2.24) is 15.2 Å². The van der Waals surface area contributed by atoms with Gasteiger partial charge in [-0.05, 0) is 62.9 Å². The van der Waals surface area contributed by atoms with E-state index in [1.165, 1.54) is 36.6 Å². The van der Waals surface area contributed by atoms with Crippen LogP contribution in [-0.4, -0.2) is 37.7 Å². The van der Waals surface area contributed by atoms with Gasteiger partial charge in [0.15, 0.2) is 11.4 Å². The third kappa shape index (κ3) is 5.98. The van der Waals surface area contributed by atoms with Crippen LogP contribution in [0.4, 0.5) is 18.9 Å². The summed E-state index contributed by atoms with van der Waals surface area (Å²) in [5.41, 5.74) is -1.79. The normalized spacial score (nSPS) is 15.4. The molecule has 2 aromatic heterocycles. The Hall–Kier alpha value is -3.74. The van der Waals surface area contributed by atoms with Crippen LogP contribution in [0.5, 0.6) is 17.5 Å². The number of pyridine rings is 1. The molecule has 1 aliphatic carbocycles. The Balaban J connectivity index is 1.69. The number of halogens is 3. The zero-order chi connectivity index (χ0) is 27.0. The quantitative estimate of drug-likeness (QED) is 0.408. The number of hydrogen-bond donors (Lipinski definition) is 2. The first-order valence-electron chi connectivity index (χ1n) is 11.2. The van der Waals surface area contributed by atoms with Crippen molar-refractivity contribution < 1.29 is 31.6 Å². The number of benzene rings is 1. The number of hydrogen-bond acceptors (Lipinski definition) is 8. The fourth-order valence-electron chi connectivity index (χ4n) is 3.58. The molecule has 2 heterocycles. The smallest absolute Gasteiger partial charge is 0.435 e.